The smallest absolute Gasteiger partial charge is 0.161 e. The summed E-state index contributed by atoms with van der Waals surface area (Å²) in [6.07, 6.45) is 6.38. The van der Waals surface area contributed by atoms with E-state index >= 15 is 0 Å². The summed E-state index contributed by atoms with van der Waals surface area (Å²) in [5.74, 6) is 3.21. The van der Waals surface area contributed by atoms with Crippen LogP contribution in [-0.4, -0.2) is 39.9 Å². The summed E-state index contributed by atoms with van der Waals surface area (Å²) in [4.78, 5) is 2.57. The first kappa shape index (κ1) is 20.9. The Hall–Kier alpha value is -2.40. The number of ether oxygens (including phenoxy) is 4. The lowest BCUT2D eigenvalue weighted by molar-refractivity contribution is 0.134. The van der Waals surface area contributed by atoms with E-state index in [0.29, 0.717) is 0 Å². The second-order valence-electron chi connectivity index (χ2n) is 8.54. The summed E-state index contributed by atoms with van der Waals surface area (Å²) in [6, 6.07) is 10.7. The fraction of sp³-hybridized carbons (Fsp3) is 0.520. The van der Waals surface area contributed by atoms with Gasteiger partial charge in [-0.2, -0.15) is 0 Å². The zero-order chi connectivity index (χ0) is 21.1. The first-order chi connectivity index (χ1) is 14.6. The van der Waals surface area contributed by atoms with E-state index in [-0.39, 0.29) is 5.41 Å². The molecule has 5 nitrogen and oxygen atoms in total. The van der Waals surface area contributed by atoms with E-state index < -0.39 is 0 Å². The Kier molecular flexibility index (Phi) is 6.09. The van der Waals surface area contributed by atoms with Gasteiger partial charge in [-0.05, 0) is 53.8 Å². The second kappa shape index (κ2) is 8.76. The Labute approximate surface area is 179 Å². The van der Waals surface area contributed by atoms with Crippen molar-refractivity contribution in [2.45, 2.75) is 50.6 Å². The molecular weight excluding hydrogens is 378 g/mol. The maximum absolute atomic E-state index is 5.64. The minimum atomic E-state index is 0.196. The Morgan fingerprint density at radius 2 is 1.40 bits per heavy atom. The molecule has 0 atom stereocenters. The average Bonchev–Trinajstić information content (AvgIpc) is 2.78. The van der Waals surface area contributed by atoms with E-state index in [1.54, 1.807) is 28.4 Å². The highest BCUT2D eigenvalue weighted by Crippen LogP contribution is 2.48. The van der Waals surface area contributed by atoms with Gasteiger partial charge in [0.15, 0.2) is 23.0 Å². The number of fused-ring (bicyclic) bond motifs is 2. The van der Waals surface area contributed by atoms with E-state index in [1.165, 1.54) is 48.8 Å². The minimum absolute atomic E-state index is 0.196. The molecule has 1 spiro atoms. The number of methoxy groups -OCH3 is 4. The van der Waals surface area contributed by atoms with Crippen molar-refractivity contribution in [3.63, 3.8) is 0 Å². The van der Waals surface area contributed by atoms with Crippen molar-refractivity contribution in [3.05, 3.63) is 47.0 Å². The number of nitrogens with zero attached hydrogens (tertiary/aromatic N) is 1. The van der Waals surface area contributed by atoms with Gasteiger partial charge in [0.2, 0.25) is 0 Å². The molecule has 1 saturated carbocycles. The molecular formula is C25H33NO4. The fourth-order valence-electron chi connectivity index (χ4n) is 5.36. The molecule has 2 aromatic rings. The summed E-state index contributed by atoms with van der Waals surface area (Å²) in [7, 11) is 6.80. The van der Waals surface area contributed by atoms with Gasteiger partial charge in [0.05, 0.1) is 28.4 Å². The molecule has 4 rings (SSSR count). The lowest BCUT2D eigenvalue weighted by atomic mass is 9.66. The first-order valence-electron chi connectivity index (χ1n) is 10.8. The van der Waals surface area contributed by atoms with Gasteiger partial charge in [0, 0.05) is 25.0 Å². The summed E-state index contributed by atoms with van der Waals surface area (Å²) in [6.45, 7) is 2.87. The Balaban J connectivity index is 1.68. The fourth-order valence-corrected chi connectivity index (χ4v) is 5.36. The average molecular weight is 412 g/mol. The van der Waals surface area contributed by atoms with E-state index in [1.807, 2.05) is 6.07 Å². The molecule has 1 fully saturated rings. The highest BCUT2D eigenvalue weighted by Gasteiger charge is 2.41. The van der Waals surface area contributed by atoms with Crippen molar-refractivity contribution in [2.24, 2.45) is 0 Å². The second-order valence-corrected chi connectivity index (χ2v) is 8.54. The maximum Gasteiger partial charge on any atom is 0.161 e. The zero-order valence-corrected chi connectivity index (χ0v) is 18.6. The van der Waals surface area contributed by atoms with Crippen molar-refractivity contribution < 1.29 is 18.9 Å². The molecule has 0 N–H and O–H groups in total. The van der Waals surface area contributed by atoms with E-state index in [4.69, 9.17) is 18.9 Å². The van der Waals surface area contributed by atoms with Crippen LogP contribution in [0.25, 0.3) is 0 Å². The number of rotatable bonds is 6. The standard InChI is InChI=1S/C25H33NO4/c1-27-21-9-8-18(12-22(21)28-2)15-26-16-19-13-23(29-3)24(30-4)14-20(19)25(17-26)10-6-5-7-11-25/h8-9,12-14H,5-7,10-11,15-17H2,1-4H3. The van der Waals surface area contributed by atoms with Crippen LogP contribution in [0, 0.1) is 0 Å². The number of hydrogen-bond donors (Lipinski definition) is 0. The van der Waals surface area contributed by atoms with Gasteiger partial charge in [-0.3, -0.25) is 4.90 Å². The van der Waals surface area contributed by atoms with Crippen molar-refractivity contribution in [2.75, 3.05) is 35.0 Å². The molecule has 1 aliphatic heterocycles. The van der Waals surface area contributed by atoms with Gasteiger partial charge in [-0.15, -0.1) is 0 Å². The molecule has 30 heavy (non-hydrogen) atoms. The van der Waals surface area contributed by atoms with Gasteiger partial charge < -0.3 is 18.9 Å². The van der Waals surface area contributed by atoms with Crippen LogP contribution >= 0.6 is 0 Å². The topological polar surface area (TPSA) is 40.2 Å². The summed E-state index contributed by atoms with van der Waals surface area (Å²) in [5, 5.41) is 0. The van der Waals surface area contributed by atoms with Crippen LogP contribution in [0.15, 0.2) is 30.3 Å². The Morgan fingerprint density at radius 3 is 2.07 bits per heavy atom. The van der Waals surface area contributed by atoms with Crippen LogP contribution < -0.4 is 18.9 Å². The van der Waals surface area contributed by atoms with Gasteiger partial charge in [0.25, 0.3) is 0 Å². The van der Waals surface area contributed by atoms with Gasteiger partial charge in [-0.1, -0.05) is 25.3 Å². The third-order valence-corrected chi connectivity index (χ3v) is 6.77. The van der Waals surface area contributed by atoms with Gasteiger partial charge in [-0.25, -0.2) is 0 Å². The largest absolute Gasteiger partial charge is 0.493 e. The molecule has 5 heteroatoms. The molecule has 1 heterocycles. The lowest BCUT2D eigenvalue weighted by Gasteiger charge is -2.47. The summed E-state index contributed by atoms with van der Waals surface area (Å²) in [5.41, 5.74) is 4.26. The Bertz CT molecular complexity index is 889. The third kappa shape index (κ3) is 3.83. The normalized spacial score (nSPS) is 18.0. The van der Waals surface area contributed by atoms with Crippen molar-refractivity contribution in [1.29, 1.82) is 0 Å². The van der Waals surface area contributed by atoms with Crippen LogP contribution in [-0.2, 0) is 18.5 Å². The number of benzene rings is 2. The van der Waals surface area contributed by atoms with Crippen LogP contribution in [0.3, 0.4) is 0 Å². The molecule has 0 aromatic heterocycles. The van der Waals surface area contributed by atoms with Crippen LogP contribution in [0.5, 0.6) is 23.0 Å². The predicted molar refractivity (Wildman–Crippen MR) is 118 cm³/mol. The molecule has 0 bridgehead atoms. The molecule has 2 aliphatic rings. The highest BCUT2D eigenvalue weighted by molar-refractivity contribution is 5.51. The molecule has 0 radical (unpaired) electrons. The van der Waals surface area contributed by atoms with Crippen LogP contribution in [0.4, 0.5) is 0 Å². The van der Waals surface area contributed by atoms with E-state index in [0.717, 1.165) is 42.6 Å². The van der Waals surface area contributed by atoms with Gasteiger partial charge >= 0.3 is 0 Å². The molecule has 0 unspecified atom stereocenters. The molecule has 162 valence electrons. The zero-order valence-electron chi connectivity index (χ0n) is 18.6. The molecule has 0 amide bonds. The molecule has 2 aromatic carbocycles. The van der Waals surface area contributed by atoms with Crippen LogP contribution in [0.1, 0.15) is 48.8 Å². The summed E-state index contributed by atoms with van der Waals surface area (Å²) >= 11 is 0. The minimum Gasteiger partial charge on any atom is -0.493 e. The van der Waals surface area contributed by atoms with E-state index in [2.05, 4.69) is 29.2 Å². The Morgan fingerprint density at radius 1 is 0.767 bits per heavy atom. The van der Waals surface area contributed by atoms with E-state index in [9.17, 15) is 0 Å². The molecule has 0 saturated heterocycles. The SMILES string of the molecule is COc1ccc(CN2Cc3cc(OC)c(OC)cc3C3(CCCCC3)C2)cc1OC. The van der Waals surface area contributed by atoms with Crippen molar-refractivity contribution in [1.82, 2.24) is 4.90 Å². The first-order valence-corrected chi connectivity index (χ1v) is 10.8. The third-order valence-electron chi connectivity index (χ3n) is 6.77. The quantitative estimate of drug-likeness (QED) is 0.673. The molecule has 1 aliphatic carbocycles. The van der Waals surface area contributed by atoms with Crippen LogP contribution in [0.2, 0.25) is 0 Å². The number of hydrogen-bond acceptors (Lipinski definition) is 5. The predicted octanol–water partition coefficient (Wildman–Crippen LogP) is 4.94. The highest BCUT2D eigenvalue weighted by atomic mass is 16.5. The summed E-state index contributed by atoms with van der Waals surface area (Å²) < 4.78 is 22.2. The lowest BCUT2D eigenvalue weighted by Crippen LogP contribution is -2.46. The van der Waals surface area contributed by atoms with Gasteiger partial charge in [0.1, 0.15) is 0 Å². The monoisotopic (exact) mass is 411 g/mol. The van der Waals surface area contributed by atoms with Crippen molar-refractivity contribution >= 4 is 0 Å². The maximum atomic E-state index is 5.64. The van der Waals surface area contributed by atoms with Crippen molar-refractivity contribution in [3.8, 4) is 23.0 Å².